The summed E-state index contributed by atoms with van der Waals surface area (Å²) in [6.07, 6.45) is 1.78. The van der Waals surface area contributed by atoms with Gasteiger partial charge in [-0.1, -0.05) is 36.4 Å². The molecule has 0 bridgehead atoms. The SMILES string of the molecule is Cc1cccc(C)c1NC(=O)CN1CCC[C@H](C(=O)Nc2ccccc2)C1. The Hall–Kier alpha value is -2.66. The average Bonchev–Trinajstić information content (AvgIpc) is 2.66. The van der Waals surface area contributed by atoms with Crippen LogP contribution in [0.3, 0.4) is 0 Å². The van der Waals surface area contributed by atoms with Crippen LogP contribution in [0.4, 0.5) is 11.4 Å². The van der Waals surface area contributed by atoms with E-state index in [-0.39, 0.29) is 17.7 Å². The second-order valence-corrected chi connectivity index (χ2v) is 7.24. The summed E-state index contributed by atoms with van der Waals surface area (Å²) in [5.41, 5.74) is 3.81. The Bertz CT molecular complexity index is 784. The molecule has 142 valence electrons. The van der Waals surface area contributed by atoms with Crippen molar-refractivity contribution in [2.45, 2.75) is 26.7 Å². The lowest BCUT2D eigenvalue weighted by atomic mass is 9.97. The number of nitrogens with one attached hydrogen (secondary N) is 2. The first-order valence-corrected chi connectivity index (χ1v) is 9.47. The van der Waals surface area contributed by atoms with Crippen LogP contribution in [0.2, 0.25) is 0 Å². The third-order valence-corrected chi connectivity index (χ3v) is 5.03. The molecule has 5 heteroatoms. The summed E-state index contributed by atoms with van der Waals surface area (Å²) in [4.78, 5) is 27.1. The fourth-order valence-electron chi connectivity index (χ4n) is 3.57. The normalized spacial score (nSPS) is 17.3. The molecule has 2 aromatic rings. The number of nitrogens with zero attached hydrogens (tertiary/aromatic N) is 1. The van der Waals surface area contributed by atoms with E-state index in [4.69, 9.17) is 0 Å². The monoisotopic (exact) mass is 365 g/mol. The molecule has 5 nitrogen and oxygen atoms in total. The summed E-state index contributed by atoms with van der Waals surface area (Å²) in [5, 5.41) is 6.00. The van der Waals surface area contributed by atoms with E-state index in [0.717, 1.165) is 41.9 Å². The number of rotatable bonds is 5. The number of carbonyl (C=O) groups excluding carboxylic acids is 2. The molecule has 3 rings (SSSR count). The Balaban J connectivity index is 1.55. The predicted molar refractivity (Wildman–Crippen MR) is 109 cm³/mol. The molecule has 2 N–H and O–H groups in total. The second-order valence-electron chi connectivity index (χ2n) is 7.24. The molecule has 0 spiro atoms. The maximum atomic E-state index is 12.5. The molecule has 2 amide bonds. The minimum Gasteiger partial charge on any atom is -0.326 e. The first kappa shape index (κ1) is 19.1. The molecule has 1 aliphatic heterocycles. The van der Waals surface area contributed by atoms with Gasteiger partial charge in [-0.2, -0.15) is 0 Å². The van der Waals surface area contributed by atoms with Crippen molar-refractivity contribution >= 4 is 23.2 Å². The molecule has 0 unspecified atom stereocenters. The number of piperidine rings is 1. The molecule has 1 atom stereocenters. The topological polar surface area (TPSA) is 61.4 Å². The highest BCUT2D eigenvalue weighted by molar-refractivity contribution is 5.94. The van der Waals surface area contributed by atoms with Gasteiger partial charge in [-0.25, -0.2) is 0 Å². The van der Waals surface area contributed by atoms with Crippen LogP contribution >= 0.6 is 0 Å². The standard InChI is InChI=1S/C22H27N3O2/c1-16-8-6-9-17(2)21(16)24-20(26)15-25-13-7-10-18(14-25)22(27)23-19-11-4-3-5-12-19/h3-6,8-9,11-12,18H,7,10,13-15H2,1-2H3,(H,23,27)(H,24,26)/t18-/m0/s1. The maximum Gasteiger partial charge on any atom is 0.238 e. The molecule has 0 radical (unpaired) electrons. The van der Waals surface area contributed by atoms with E-state index >= 15 is 0 Å². The lowest BCUT2D eigenvalue weighted by molar-refractivity contribution is -0.123. The minimum absolute atomic E-state index is 0.0288. The Labute approximate surface area is 160 Å². The fraction of sp³-hybridized carbons (Fsp3) is 0.364. The van der Waals surface area contributed by atoms with Crippen LogP contribution in [0, 0.1) is 19.8 Å². The Morgan fingerprint density at radius 1 is 1.00 bits per heavy atom. The van der Waals surface area contributed by atoms with Gasteiger partial charge < -0.3 is 10.6 Å². The third kappa shape index (κ3) is 5.17. The van der Waals surface area contributed by atoms with Crippen molar-refractivity contribution in [3.05, 3.63) is 59.7 Å². The first-order chi connectivity index (χ1) is 13.0. The Kier molecular flexibility index (Phi) is 6.24. The summed E-state index contributed by atoms with van der Waals surface area (Å²) in [7, 11) is 0. The van der Waals surface area contributed by atoms with Gasteiger partial charge in [-0.05, 0) is 56.5 Å². The highest BCUT2D eigenvalue weighted by Gasteiger charge is 2.27. The van der Waals surface area contributed by atoms with E-state index < -0.39 is 0 Å². The minimum atomic E-state index is -0.0908. The van der Waals surface area contributed by atoms with E-state index in [2.05, 4.69) is 15.5 Å². The molecule has 27 heavy (non-hydrogen) atoms. The molecular weight excluding hydrogens is 338 g/mol. The summed E-state index contributed by atoms with van der Waals surface area (Å²) in [6, 6.07) is 15.5. The molecule has 0 aromatic heterocycles. The maximum absolute atomic E-state index is 12.5. The van der Waals surface area contributed by atoms with Crippen molar-refractivity contribution in [2.75, 3.05) is 30.3 Å². The van der Waals surface area contributed by atoms with Gasteiger partial charge in [0.05, 0.1) is 12.5 Å². The van der Waals surface area contributed by atoms with Crippen molar-refractivity contribution < 1.29 is 9.59 Å². The van der Waals surface area contributed by atoms with Gasteiger partial charge in [-0.15, -0.1) is 0 Å². The van der Waals surface area contributed by atoms with Gasteiger partial charge in [0.1, 0.15) is 0 Å². The molecule has 1 aliphatic rings. The van der Waals surface area contributed by atoms with E-state index in [0.29, 0.717) is 13.1 Å². The lowest BCUT2D eigenvalue weighted by Gasteiger charge is -2.31. The zero-order valence-corrected chi connectivity index (χ0v) is 16.0. The van der Waals surface area contributed by atoms with Gasteiger partial charge >= 0.3 is 0 Å². The number of para-hydroxylation sites is 2. The Morgan fingerprint density at radius 2 is 1.70 bits per heavy atom. The molecule has 1 fully saturated rings. The van der Waals surface area contributed by atoms with Gasteiger partial charge in [0.25, 0.3) is 0 Å². The van der Waals surface area contributed by atoms with Gasteiger partial charge in [0.2, 0.25) is 11.8 Å². The van der Waals surface area contributed by atoms with Crippen LogP contribution in [0.5, 0.6) is 0 Å². The van der Waals surface area contributed by atoms with Gasteiger partial charge in [0, 0.05) is 17.9 Å². The number of benzene rings is 2. The van der Waals surface area contributed by atoms with E-state index in [1.807, 2.05) is 62.4 Å². The van der Waals surface area contributed by atoms with Crippen LogP contribution in [0.15, 0.2) is 48.5 Å². The molecule has 0 saturated carbocycles. The summed E-state index contributed by atoms with van der Waals surface area (Å²) < 4.78 is 0. The van der Waals surface area contributed by atoms with Crippen molar-refractivity contribution in [3.8, 4) is 0 Å². The van der Waals surface area contributed by atoms with Crippen LogP contribution in [-0.4, -0.2) is 36.3 Å². The van der Waals surface area contributed by atoms with Crippen molar-refractivity contribution in [1.29, 1.82) is 0 Å². The van der Waals surface area contributed by atoms with Crippen LogP contribution in [-0.2, 0) is 9.59 Å². The second kappa shape index (κ2) is 8.82. The third-order valence-electron chi connectivity index (χ3n) is 5.03. The molecular formula is C22H27N3O2. The van der Waals surface area contributed by atoms with Crippen molar-refractivity contribution in [2.24, 2.45) is 5.92 Å². The molecule has 0 aliphatic carbocycles. The zero-order chi connectivity index (χ0) is 19.2. The van der Waals surface area contributed by atoms with Crippen molar-refractivity contribution in [3.63, 3.8) is 0 Å². The number of aryl methyl sites for hydroxylation is 2. The number of anilines is 2. The molecule has 1 heterocycles. The number of likely N-dealkylation sites (tertiary alicyclic amines) is 1. The zero-order valence-electron chi connectivity index (χ0n) is 16.0. The highest BCUT2D eigenvalue weighted by Crippen LogP contribution is 2.21. The van der Waals surface area contributed by atoms with E-state index in [1.165, 1.54) is 0 Å². The van der Waals surface area contributed by atoms with Crippen molar-refractivity contribution in [1.82, 2.24) is 4.90 Å². The average molecular weight is 365 g/mol. The number of carbonyl (C=O) groups is 2. The van der Waals surface area contributed by atoms with Crippen LogP contribution < -0.4 is 10.6 Å². The van der Waals surface area contributed by atoms with Crippen LogP contribution in [0.25, 0.3) is 0 Å². The lowest BCUT2D eigenvalue weighted by Crippen LogP contribution is -2.44. The summed E-state index contributed by atoms with van der Waals surface area (Å²) in [6.45, 7) is 5.75. The highest BCUT2D eigenvalue weighted by atomic mass is 16.2. The largest absolute Gasteiger partial charge is 0.326 e. The quantitative estimate of drug-likeness (QED) is 0.851. The number of amides is 2. The summed E-state index contributed by atoms with van der Waals surface area (Å²) >= 11 is 0. The van der Waals surface area contributed by atoms with Gasteiger partial charge in [-0.3, -0.25) is 14.5 Å². The molecule has 1 saturated heterocycles. The first-order valence-electron chi connectivity index (χ1n) is 9.47. The van der Waals surface area contributed by atoms with Crippen LogP contribution in [0.1, 0.15) is 24.0 Å². The number of hydrogen-bond donors (Lipinski definition) is 2. The number of hydrogen-bond acceptors (Lipinski definition) is 3. The predicted octanol–water partition coefficient (Wildman–Crippen LogP) is 3.59. The Morgan fingerprint density at radius 3 is 2.41 bits per heavy atom. The van der Waals surface area contributed by atoms with E-state index in [9.17, 15) is 9.59 Å². The fourth-order valence-corrected chi connectivity index (χ4v) is 3.57. The van der Waals surface area contributed by atoms with Gasteiger partial charge in [0.15, 0.2) is 0 Å². The smallest absolute Gasteiger partial charge is 0.238 e. The van der Waals surface area contributed by atoms with E-state index in [1.54, 1.807) is 0 Å². The molecule has 2 aromatic carbocycles. The summed E-state index contributed by atoms with van der Waals surface area (Å²) in [5.74, 6) is -0.0930.